The average Bonchev–Trinajstić information content (AvgIpc) is 3.09. The zero-order valence-electron chi connectivity index (χ0n) is 12.0. The van der Waals surface area contributed by atoms with E-state index in [1.165, 1.54) is 25.7 Å². The van der Waals surface area contributed by atoms with Crippen molar-refractivity contribution < 1.29 is 4.79 Å². The second-order valence-corrected chi connectivity index (χ2v) is 7.40. The Bertz CT molecular complexity index is 588. The van der Waals surface area contributed by atoms with Crippen molar-refractivity contribution in [3.05, 3.63) is 28.8 Å². The predicted molar refractivity (Wildman–Crippen MR) is 84.2 cm³/mol. The molecule has 3 saturated carbocycles. The van der Waals surface area contributed by atoms with Crippen LogP contribution < -0.4 is 11.1 Å². The molecule has 3 nitrogen and oxygen atoms in total. The molecule has 0 radical (unpaired) electrons. The number of hydrogen-bond acceptors (Lipinski definition) is 2. The van der Waals surface area contributed by atoms with Crippen LogP contribution in [0.3, 0.4) is 0 Å². The molecular formula is C17H21ClN2O. The van der Waals surface area contributed by atoms with Crippen LogP contribution in [-0.4, -0.2) is 11.9 Å². The maximum atomic E-state index is 12.5. The van der Waals surface area contributed by atoms with Crippen molar-refractivity contribution in [2.45, 2.75) is 38.1 Å². The molecule has 3 aliphatic carbocycles. The summed E-state index contributed by atoms with van der Waals surface area (Å²) < 4.78 is 0. The second-order valence-electron chi connectivity index (χ2n) is 6.97. The Balaban J connectivity index is 1.48. The lowest BCUT2D eigenvalue weighted by molar-refractivity contribution is 0.0902. The van der Waals surface area contributed by atoms with Crippen LogP contribution in [0.1, 0.15) is 42.5 Å². The molecule has 0 saturated heterocycles. The summed E-state index contributed by atoms with van der Waals surface area (Å²) in [5.41, 5.74) is 6.92. The Labute approximate surface area is 130 Å². The summed E-state index contributed by atoms with van der Waals surface area (Å²) in [7, 11) is 0. The Morgan fingerprint density at radius 1 is 1.19 bits per heavy atom. The number of amides is 1. The average molecular weight is 305 g/mol. The van der Waals surface area contributed by atoms with Gasteiger partial charge >= 0.3 is 0 Å². The fraction of sp³-hybridized carbons (Fsp3) is 0.588. The summed E-state index contributed by atoms with van der Waals surface area (Å²) in [6.07, 6.45) is 6.63. The van der Waals surface area contributed by atoms with Crippen LogP contribution in [0.2, 0.25) is 5.02 Å². The van der Waals surface area contributed by atoms with Gasteiger partial charge in [-0.2, -0.15) is 0 Å². The minimum absolute atomic E-state index is 0.0451. The normalized spacial score (nSPS) is 36.7. The smallest absolute Gasteiger partial charge is 0.253 e. The number of fused-ring (bicyclic) bond motifs is 5. The van der Waals surface area contributed by atoms with Crippen molar-refractivity contribution in [3.8, 4) is 0 Å². The maximum Gasteiger partial charge on any atom is 0.253 e. The Hall–Kier alpha value is -1.22. The topological polar surface area (TPSA) is 55.1 Å². The van der Waals surface area contributed by atoms with E-state index >= 15 is 0 Å². The standard InChI is InChI=1S/C17H21ClN2O/c18-10-4-5-13(15(19)8-10)17(21)20-16-7-9-6-14(16)12-3-1-2-11(9)12/h4-5,8-9,11-12,14,16H,1-3,6-7,19H2,(H,20,21). The lowest BCUT2D eigenvalue weighted by Crippen LogP contribution is -2.42. The highest BCUT2D eigenvalue weighted by Crippen LogP contribution is 2.58. The highest BCUT2D eigenvalue weighted by Gasteiger charge is 2.54. The summed E-state index contributed by atoms with van der Waals surface area (Å²) in [5, 5.41) is 3.80. The van der Waals surface area contributed by atoms with Crippen molar-refractivity contribution in [2.24, 2.45) is 23.7 Å². The first kappa shape index (κ1) is 13.4. The van der Waals surface area contributed by atoms with Crippen molar-refractivity contribution in [2.75, 3.05) is 5.73 Å². The number of benzene rings is 1. The molecule has 1 aromatic rings. The number of carbonyl (C=O) groups is 1. The van der Waals surface area contributed by atoms with E-state index in [1.54, 1.807) is 18.2 Å². The van der Waals surface area contributed by atoms with E-state index < -0.39 is 0 Å². The molecule has 2 bridgehead atoms. The molecular weight excluding hydrogens is 284 g/mol. The van der Waals surface area contributed by atoms with Gasteiger partial charge in [0.05, 0.1) is 5.56 Å². The van der Waals surface area contributed by atoms with Gasteiger partial charge in [0.25, 0.3) is 5.91 Å². The van der Waals surface area contributed by atoms with E-state index in [4.69, 9.17) is 17.3 Å². The van der Waals surface area contributed by atoms with Crippen LogP contribution in [0, 0.1) is 23.7 Å². The predicted octanol–water partition coefficient (Wildman–Crippen LogP) is 3.48. The molecule has 0 aromatic heterocycles. The van der Waals surface area contributed by atoms with Gasteiger partial charge in [0.2, 0.25) is 0 Å². The molecule has 3 N–H and O–H groups in total. The van der Waals surface area contributed by atoms with Gasteiger partial charge in [0, 0.05) is 16.8 Å². The minimum Gasteiger partial charge on any atom is -0.398 e. The number of anilines is 1. The first-order valence-electron chi connectivity index (χ1n) is 7.99. The number of rotatable bonds is 2. The monoisotopic (exact) mass is 304 g/mol. The van der Waals surface area contributed by atoms with Crippen LogP contribution in [0.5, 0.6) is 0 Å². The molecule has 112 valence electrons. The molecule has 5 atom stereocenters. The Morgan fingerprint density at radius 3 is 2.81 bits per heavy atom. The molecule has 1 aromatic carbocycles. The molecule has 1 amide bonds. The fourth-order valence-electron chi connectivity index (χ4n) is 5.22. The van der Waals surface area contributed by atoms with E-state index in [-0.39, 0.29) is 5.91 Å². The lowest BCUT2D eigenvalue weighted by Gasteiger charge is -2.32. The molecule has 0 heterocycles. The number of nitrogens with two attached hydrogens (primary N) is 1. The molecule has 3 fully saturated rings. The zero-order valence-corrected chi connectivity index (χ0v) is 12.8. The summed E-state index contributed by atoms with van der Waals surface area (Å²) >= 11 is 5.89. The summed E-state index contributed by atoms with van der Waals surface area (Å²) in [5.74, 6) is 3.30. The number of hydrogen-bond donors (Lipinski definition) is 2. The highest BCUT2D eigenvalue weighted by atomic mass is 35.5. The SMILES string of the molecule is Nc1cc(Cl)ccc1C(=O)NC1CC2CC1C1CCCC21. The van der Waals surface area contributed by atoms with Crippen LogP contribution in [0.4, 0.5) is 5.69 Å². The minimum atomic E-state index is -0.0451. The molecule has 3 aliphatic rings. The van der Waals surface area contributed by atoms with Crippen LogP contribution in [-0.2, 0) is 0 Å². The molecule has 4 rings (SSSR count). The van der Waals surface area contributed by atoms with Gasteiger partial charge in [-0.15, -0.1) is 0 Å². The van der Waals surface area contributed by atoms with Gasteiger partial charge in [-0.3, -0.25) is 4.79 Å². The van der Waals surface area contributed by atoms with Crippen molar-refractivity contribution >= 4 is 23.2 Å². The van der Waals surface area contributed by atoms with Crippen LogP contribution in [0.25, 0.3) is 0 Å². The largest absolute Gasteiger partial charge is 0.398 e. The highest BCUT2D eigenvalue weighted by molar-refractivity contribution is 6.31. The molecule has 21 heavy (non-hydrogen) atoms. The molecule has 0 aliphatic heterocycles. The Morgan fingerprint density at radius 2 is 2.00 bits per heavy atom. The molecule has 4 heteroatoms. The quantitative estimate of drug-likeness (QED) is 0.822. The maximum absolute atomic E-state index is 12.5. The number of nitrogen functional groups attached to an aromatic ring is 1. The van der Waals surface area contributed by atoms with E-state index in [2.05, 4.69) is 5.32 Å². The van der Waals surface area contributed by atoms with Gasteiger partial charge in [-0.25, -0.2) is 0 Å². The van der Waals surface area contributed by atoms with Crippen molar-refractivity contribution in [1.82, 2.24) is 5.32 Å². The van der Waals surface area contributed by atoms with Gasteiger partial charge in [0.1, 0.15) is 0 Å². The summed E-state index contributed by atoms with van der Waals surface area (Å²) in [6.45, 7) is 0. The second kappa shape index (κ2) is 4.91. The van der Waals surface area contributed by atoms with Crippen LogP contribution in [0.15, 0.2) is 18.2 Å². The summed E-state index contributed by atoms with van der Waals surface area (Å²) in [4.78, 5) is 12.5. The number of halogens is 1. The Kier molecular flexibility index (Phi) is 3.14. The number of nitrogens with one attached hydrogen (secondary N) is 1. The van der Waals surface area contributed by atoms with Gasteiger partial charge in [-0.05, 0) is 67.6 Å². The van der Waals surface area contributed by atoms with Crippen molar-refractivity contribution in [3.63, 3.8) is 0 Å². The van der Waals surface area contributed by atoms with Gasteiger partial charge in [-0.1, -0.05) is 18.0 Å². The molecule has 0 spiro atoms. The van der Waals surface area contributed by atoms with E-state index in [0.29, 0.717) is 28.2 Å². The van der Waals surface area contributed by atoms with Crippen molar-refractivity contribution in [1.29, 1.82) is 0 Å². The summed E-state index contributed by atoms with van der Waals surface area (Å²) in [6, 6.07) is 5.43. The van der Waals surface area contributed by atoms with E-state index in [1.807, 2.05) is 0 Å². The van der Waals surface area contributed by atoms with E-state index in [9.17, 15) is 4.79 Å². The first-order chi connectivity index (χ1) is 10.1. The van der Waals surface area contributed by atoms with Gasteiger partial charge in [0.15, 0.2) is 0 Å². The van der Waals surface area contributed by atoms with E-state index in [0.717, 1.165) is 24.2 Å². The third-order valence-corrected chi connectivity index (χ3v) is 6.24. The third kappa shape index (κ3) is 2.13. The van der Waals surface area contributed by atoms with Gasteiger partial charge < -0.3 is 11.1 Å². The zero-order chi connectivity index (χ0) is 14.6. The number of carbonyl (C=O) groups excluding carboxylic acids is 1. The van der Waals surface area contributed by atoms with Crippen LogP contribution >= 0.6 is 11.6 Å². The first-order valence-corrected chi connectivity index (χ1v) is 8.37. The lowest BCUT2D eigenvalue weighted by atomic mass is 9.79. The molecule has 5 unspecified atom stereocenters. The third-order valence-electron chi connectivity index (χ3n) is 6.00. The fourth-order valence-corrected chi connectivity index (χ4v) is 5.40.